The van der Waals surface area contributed by atoms with E-state index >= 15 is 0 Å². The van der Waals surface area contributed by atoms with E-state index in [9.17, 15) is 19.8 Å². The van der Waals surface area contributed by atoms with Gasteiger partial charge in [0, 0.05) is 23.3 Å². The van der Waals surface area contributed by atoms with Crippen LogP contribution >= 0.6 is 36.2 Å². The highest BCUT2D eigenvalue weighted by Crippen LogP contribution is 2.44. The molecule has 0 aromatic heterocycles. The van der Waals surface area contributed by atoms with Gasteiger partial charge in [-0.15, -0.1) is 11.8 Å². The minimum Gasteiger partial charge on any atom is -0.481 e. The summed E-state index contributed by atoms with van der Waals surface area (Å²) in [6, 6.07) is 9.66. The number of allylic oxidation sites excluding steroid dienone is 1. The third-order valence-corrected chi connectivity index (χ3v) is 7.08. The van der Waals surface area contributed by atoms with Crippen LogP contribution in [0.15, 0.2) is 41.8 Å². The largest absolute Gasteiger partial charge is 0.481 e. The zero-order valence-electron chi connectivity index (χ0n) is 14.8. The highest BCUT2D eigenvalue weighted by molar-refractivity contribution is 8.05. The second kappa shape index (κ2) is 10.9. The number of aliphatic carboxylic acids is 2. The van der Waals surface area contributed by atoms with Crippen molar-refractivity contribution in [2.24, 2.45) is 5.92 Å². The fourth-order valence-corrected chi connectivity index (χ4v) is 5.72. The van der Waals surface area contributed by atoms with Crippen LogP contribution < -0.4 is 5.32 Å². The van der Waals surface area contributed by atoms with Crippen molar-refractivity contribution in [2.75, 3.05) is 19.3 Å². The van der Waals surface area contributed by atoms with E-state index in [-0.39, 0.29) is 12.3 Å². The molecule has 8 heteroatoms. The van der Waals surface area contributed by atoms with Gasteiger partial charge in [0.1, 0.15) is 4.75 Å². The van der Waals surface area contributed by atoms with Crippen LogP contribution in [-0.4, -0.2) is 51.5 Å². The summed E-state index contributed by atoms with van der Waals surface area (Å²) < 4.78 is -1.62. The van der Waals surface area contributed by atoms with E-state index in [1.165, 1.54) is 11.8 Å². The molecule has 2 unspecified atom stereocenters. The molecule has 0 saturated carbocycles. The fourth-order valence-electron chi connectivity index (χ4n) is 2.59. The highest BCUT2D eigenvalue weighted by atomic mass is 32.2. The Hall–Kier alpha value is -1.09. The molecule has 0 aliphatic carbocycles. The Kier molecular flexibility index (Phi) is 9.63. The van der Waals surface area contributed by atoms with Crippen molar-refractivity contribution >= 4 is 48.1 Å². The molecule has 5 nitrogen and oxygen atoms in total. The van der Waals surface area contributed by atoms with E-state index in [4.69, 9.17) is 0 Å². The van der Waals surface area contributed by atoms with E-state index in [0.29, 0.717) is 10.7 Å². The number of carboxylic acids is 2. The van der Waals surface area contributed by atoms with Crippen molar-refractivity contribution in [3.8, 4) is 0 Å². The average molecular weight is 416 g/mol. The summed E-state index contributed by atoms with van der Waals surface area (Å²) in [7, 11) is 1.68. The normalized spacial score (nSPS) is 15.7. The third kappa shape index (κ3) is 5.97. The minimum atomic E-state index is -1.62. The molecule has 0 heterocycles. The van der Waals surface area contributed by atoms with Crippen LogP contribution in [0.25, 0.3) is 0 Å². The molecule has 0 amide bonds. The number of hydrogen-bond acceptors (Lipinski definition) is 6. The molecule has 3 atom stereocenters. The maximum absolute atomic E-state index is 12.2. The van der Waals surface area contributed by atoms with Crippen LogP contribution in [0.5, 0.6) is 0 Å². The van der Waals surface area contributed by atoms with Gasteiger partial charge in [-0.2, -0.15) is 24.4 Å². The van der Waals surface area contributed by atoms with E-state index in [1.807, 2.05) is 30.3 Å². The van der Waals surface area contributed by atoms with E-state index < -0.39 is 27.9 Å². The summed E-state index contributed by atoms with van der Waals surface area (Å²) in [6.07, 6.45) is 0. The first-order valence-corrected chi connectivity index (χ1v) is 10.5. The van der Waals surface area contributed by atoms with Crippen molar-refractivity contribution in [1.82, 2.24) is 5.32 Å². The SMILES string of the molecule is C=C(C)S[C@@](C(=O)O)(C(S)CNC)C(CSCc1ccccc1)C(=O)O. The molecule has 1 aromatic carbocycles. The highest BCUT2D eigenvalue weighted by Gasteiger charge is 2.54. The molecule has 0 radical (unpaired) electrons. The Balaban J connectivity index is 3.11. The van der Waals surface area contributed by atoms with E-state index in [0.717, 1.165) is 17.3 Å². The van der Waals surface area contributed by atoms with Gasteiger partial charge in [-0.05, 0) is 24.4 Å². The number of carbonyl (C=O) groups is 2. The van der Waals surface area contributed by atoms with Crippen molar-refractivity contribution in [3.63, 3.8) is 0 Å². The second-order valence-corrected chi connectivity index (χ2v) is 9.10. The molecule has 0 saturated heterocycles. The van der Waals surface area contributed by atoms with Crippen molar-refractivity contribution < 1.29 is 19.8 Å². The lowest BCUT2D eigenvalue weighted by Gasteiger charge is -2.38. The zero-order valence-corrected chi connectivity index (χ0v) is 17.4. The molecule has 3 N–H and O–H groups in total. The van der Waals surface area contributed by atoms with Gasteiger partial charge in [0.2, 0.25) is 0 Å². The average Bonchev–Trinajstić information content (AvgIpc) is 2.57. The van der Waals surface area contributed by atoms with Crippen molar-refractivity contribution in [2.45, 2.75) is 22.7 Å². The lowest BCUT2D eigenvalue weighted by atomic mass is 9.89. The molecule has 26 heavy (non-hydrogen) atoms. The van der Waals surface area contributed by atoms with Crippen LogP contribution in [0.2, 0.25) is 0 Å². The lowest BCUT2D eigenvalue weighted by molar-refractivity contribution is -0.150. The van der Waals surface area contributed by atoms with Crippen molar-refractivity contribution in [1.29, 1.82) is 0 Å². The first kappa shape index (κ1) is 23.0. The Bertz CT molecular complexity index is 626. The van der Waals surface area contributed by atoms with Crippen LogP contribution in [0.4, 0.5) is 0 Å². The van der Waals surface area contributed by atoms with Crippen LogP contribution in [0.3, 0.4) is 0 Å². The Morgan fingerprint density at radius 1 is 1.31 bits per heavy atom. The van der Waals surface area contributed by atoms with Crippen LogP contribution in [0.1, 0.15) is 12.5 Å². The fraction of sp³-hybridized carbons (Fsp3) is 0.444. The monoisotopic (exact) mass is 415 g/mol. The number of thiol groups is 1. The molecular weight excluding hydrogens is 390 g/mol. The Morgan fingerprint density at radius 3 is 2.38 bits per heavy atom. The molecule has 1 aromatic rings. The molecular formula is C18H25NO4S3. The van der Waals surface area contributed by atoms with Gasteiger partial charge < -0.3 is 15.5 Å². The molecule has 144 valence electrons. The van der Waals surface area contributed by atoms with Gasteiger partial charge in [-0.25, -0.2) is 0 Å². The quantitative estimate of drug-likeness (QED) is 0.390. The number of rotatable bonds is 12. The molecule has 0 spiro atoms. The van der Waals surface area contributed by atoms with Gasteiger partial charge in [-0.3, -0.25) is 9.59 Å². The lowest BCUT2D eigenvalue weighted by Crippen LogP contribution is -2.56. The Labute approximate surface area is 168 Å². The Morgan fingerprint density at radius 2 is 1.92 bits per heavy atom. The predicted octanol–water partition coefficient (Wildman–Crippen LogP) is 3.23. The maximum atomic E-state index is 12.2. The number of thioether (sulfide) groups is 2. The first-order valence-electron chi connectivity index (χ1n) is 8.00. The summed E-state index contributed by atoms with van der Waals surface area (Å²) in [5, 5.41) is 22.0. The van der Waals surface area contributed by atoms with Crippen molar-refractivity contribution in [3.05, 3.63) is 47.4 Å². The topological polar surface area (TPSA) is 86.6 Å². The zero-order chi connectivity index (χ0) is 19.7. The summed E-state index contributed by atoms with van der Waals surface area (Å²) in [5.74, 6) is -2.67. The van der Waals surface area contributed by atoms with Crippen LogP contribution in [-0.2, 0) is 15.3 Å². The minimum absolute atomic E-state index is 0.164. The van der Waals surface area contributed by atoms with Gasteiger partial charge in [-0.1, -0.05) is 36.9 Å². The standard InChI is InChI=1S/C18H25NO4S3/c1-12(2)26-18(17(22)23,15(24)9-19-3)14(16(20)21)11-25-10-13-7-5-4-6-8-13/h4-8,14-15,19,24H,1,9-11H2,2-3H3,(H,20,21)(H,22,23)/t14?,15?,18-/m1/s1. The molecule has 1 rings (SSSR count). The molecule has 0 aliphatic heterocycles. The van der Waals surface area contributed by atoms with Gasteiger partial charge in [0.25, 0.3) is 0 Å². The summed E-state index contributed by atoms with van der Waals surface area (Å²) in [6.45, 7) is 5.73. The molecule has 0 fully saturated rings. The third-order valence-electron chi connectivity index (χ3n) is 3.78. The van der Waals surface area contributed by atoms with Gasteiger partial charge >= 0.3 is 11.9 Å². The first-order chi connectivity index (χ1) is 12.3. The number of benzene rings is 1. The van der Waals surface area contributed by atoms with Gasteiger partial charge in [0.05, 0.1) is 5.92 Å². The summed E-state index contributed by atoms with van der Waals surface area (Å²) in [5.41, 5.74) is 1.06. The van der Waals surface area contributed by atoms with Gasteiger partial charge in [0.15, 0.2) is 0 Å². The molecule has 0 aliphatic rings. The second-order valence-electron chi connectivity index (χ2n) is 5.87. The maximum Gasteiger partial charge on any atom is 0.322 e. The smallest absolute Gasteiger partial charge is 0.322 e. The van der Waals surface area contributed by atoms with E-state index in [1.54, 1.807) is 14.0 Å². The summed E-state index contributed by atoms with van der Waals surface area (Å²) in [4.78, 5) is 24.8. The number of carboxylic acid groups (broad SMARTS) is 2. The number of nitrogens with one attached hydrogen (secondary N) is 1. The predicted molar refractivity (Wildman–Crippen MR) is 113 cm³/mol. The van der Waals surface area contributed by atoms with E-state index in [2.05, 4.69) is 24.5 Å². The summed E-state index contributed by atoms with van der Waals surface area (Å²) >= 11 is 6.84. The van der Waals surface area contributed by atoms with Crippen LogP contribution in [0, 0.1) is 5.92 Å². The number of hydrogen-bond donors (Lipinski definition) is 4. The molecule has 0 bridgehead atoms.